The van der Waals surface area contributed by atoms with Gasteiger partial charge >= 0.3 is 0 Å². The van der Waals surface area contributed by atoms with Crippen LogP contribution in [0, 0.1) is 12.8 Å². The van der Waals surface area contributed by atoms with Gasteiger partial charge in [0.2, 0.25) is 10.0 Å². The van der Waals surface area contributed by atoms with Crippen LogP contribution >= 0.6 is 11.6 Å². The molecule has 0 fully saturated rings. The van der Waals surface area contributed by atoms with E-state index in [9.17, 15) is 13.5 Å². The summed E-state index contributed by atoms with van der Waals surface area (Å²) in [6, 6.07) is 2.84. The van der Waals surface area contributed by atoms with Crippen molar-refractivity contribution in [2.75, 3.05) is 12.3 Å². The summed E-state index contributed by atoms with van der Waals surface area (Å²) in [5.41, 5.74) is 5.68. The van der Waals surface area contributed by atoms with Crippen molar-refractivity contribution < 1.29 is 13.5 Å². The zero-order valence-corrected chi connectivity index (χ0v) is 14.3. The average Bonchev–Trinajstić information content (AvgIpc) is 2.30. The van der Waals surface area contributed by atoms with E-state index in [0.29, 0.717) is 17.7 Å². The first-order chi connectivity index (χ1) is 9.44. The van der Waals surface area contributed by atoms with Crippen molar-refractivity contribution in [1.29, 1.82) is 0 Å². The number of aliphatic hydroxyl groups is 1. The quantitative estimate of drug-likeness (QED) is 0.696. The molecule has 0 saturated carbocycles. The Labute approximate surface area is 131 Å². The Morgan fingerprint density at radius 2 is 2.00 bits per heavy atom. The number of benzene rings is 1. The molecule has 1 unspecified atom stereocenters. The van der Waals surface area contributed by atoms with Gasteiger partial charge in [0.1, 0.15) is 4.90 Å². The van der Waals surface area contributed by atoms with Gasteiger partial charge in [0.25, 0.3) is 0 Å². The maximum Gasteiger partial charge on any atom is 0.242 e. The second-order valence-corrected chi connectivity index (χ2v) is 8.20. The highest BCUT2D eigenvalue weighted by Crippen LogP contribution is 2.27. The van der Waals surface area contributed by atoms with E-state index in [1.807, 2.05) is 13.8 Å². The van der Waals surface area contributed by atoms with Crippen molar-refractivity contribution in [1.82, 2.24) is 4.72 Å². The number of nitrogens with one attached hydrogen (secondary N) is 1. The fourth-order valence-corrected chi connectivity index (χ4v) is 3.93. The van der Waals surface area contributed by atoms with Crippen LogP contribution in [0.5, 0.6) is 0 Å². The van der Waals surface area contributed by atoms with Crippen LogP contribution in [0.1, 0.15) is 32.8 Å². The molecule has 0 aliphatic rings. The summed E-state index contributed by atoms with van der Waals surface area (Å²) in [6.07, 6.45) is 0.485. The van der Waals surface area contributed by atoms with Gasteiger partial charge in [-0.25, -0.2) is 13.1 Å². The monoisotopic (exact) mass is 334 g/mol. The van der Waals surface area contributed by atoms with E-state index < -0.39 is 15.6 Å². The lowest BCUT2D eigenvalue weighted by atomic mass is 9.95. The van der Waals surface area contributed by atoms with Crippen LogP contribution in [0.3, 0.4) is 0 Å². The first kappa shape index (κ1) is 18.2. The molecular weight excluding hydrogens is 312 g/mol. The molecule has 0 saturated heterocycles. The smallest absolute Gasteiger partial charge is 0.242 e. The lowest BCUT2D eigenvalue weighted by Gasteiger charge is -2.25. The first-order valence-electron chi connectivity index (χ1n) is 6.72. The van der Waals surface area contributed by atoms with Crippen molar-refractivity contribution in [3.63, 3.8) is 0 Å². The van der Waals surface area contributed by atoms with Gasteiger partial charge in [-0.1, -0.05) is 25.4 Å². The minimum absolute atomic E-state index is 0.0763. The SMILES string of the molecule is Cc1cc(Cl)c(S(=O)(=O)NCC(C)(O)CC(C)C)cc1N. The molecule has 0 amide bonds. The molecule has 0 aromatic heterocycles. The fourth-order valence-electron chi connectivity index (χ4n) is 2.15. The summed E-state index contributed by atoms with van der Waals surface area (Å²) in [5.74, 6) is 0.253. The molecule has 21 heavy (non-hydrogen) atoms. The van der Waals surface area contributed by atoms with Crippen LogP contribution in [0.4, 0.5) is 5.69 Å². The van der Waals surface area contributed by atoms with Gasteiger partial charge in [-0.2, -0.15) is 0 Å². The van der Waals surface area contributed by atoms with Crippen LogP contribution in [0.15, 0.2) is 17.0 Å². The van der Waals surface area contributed by atoms with Crippen LogP contribution in [-0.4, -0.2) is 25.7 Å². The Morgan fingerprint density at radius 3 is 2.52 bits per heavy atom. The second-order valence-electron chi connectivity index (χ2n) is 6.06. The molecule has 1 rings (SSSR count). The summed E-state index contributed by atoms with van der Waals surface area (Å²) in [5, 5.41) is 10.3. The van der Waals surface area contributed by atoms with Crippen LogP contribution in [-0.2, 0) is 10.0 Å². The molecule has 0 bridgehead atoms. The second kappa shape index (κ2) is 6.52. The molecule has 0 radical (unpaired) electrons. The van der Waals surface area contributed by atoms with E-state index >= 15 is 0 Å². The molecule has 5 nitrogen and oxygen atoms in total. The Balaban J connectivity index is 2.95. The summed E-state index contributed by atoms with van der Waals surface area (Å²) in [4.78, 5) is -0.0763. The third kappa shape index (κ3) is 5.14. The number of aryl methyl sites for hydroxylation is 1. The molecule has 0 heterocycles. The first-order valence-corrected chi connectivity index (χ1v) is 8.58. The van der Waals surface area contributed by atoms with Gasteiger partial charge < -0.3 is 10.8 Å². The van der Waals surface area contributed by atoms with E-state index in [4.69, 9.17) is 17.3 Å². The topological polar surface area (TPSA) is 92.4 Å². The third-order valence-electron chi connectivity index (χ3n) is 3.10. The number of hydrogen-bond donors (Lipinski definition) is 3. The van der Waals surface area contributed by atoms with Gasteiger partial charge in [-0.05, 0) is 43.9 Å². The van der Waals surface area contributed by atoms with E-state index in [-0.39, 0.29) is 22.4 Å². The van der Waals surface area contributed by atoms with Crippen molar-refractivity contribution in [3.05, 3.63) is 22.7 Å². The molecule has 1 atom stereocenters. The molecule has 7 heteroatoms. The van der Waals surface area contributed by atoms with Crippen molar-refractivity contribution in [2.45, 2.75) is 44.6 Å². The van der Waals surface area contributed by atoms with Crippen LogP contribution in [0.25, 0.3) is 0 Å². The zero-order chi connectivity index (χ0) is 16.4. The van der Waals surface area contributed by atoms with Gasteiger partial charge in [0, 0.05) is 12.2 Å². The summed E-state index contributed by atoms with van der Waals surface area (Å²) in [6.45, 7) is 7.18. The summed E-state index contributed by atoms with van der Waals surface area (Å²) in [7, 11) is -3.82. The molecule has 4 N–H and O–H groups in total. The lowest BCUT2D eigenvalue weighted by Crippen LogP contribution is -2.41. The summed E-state index contributed by atoms with van der Waals surface area (Å²) >= 11 is 5.98. The lowest BCUT2D eigenvalue weighted by molar-refractivity contribution is 0.0437. The predicted molar refractivity (Wildman–Crippen MR) is 85.9 cm³/mol. The maximum atomic E-state index is 12.3. The summed E-state index contributed by atoms with van der Waals surface area (Å²) < 4.78 is 27.0. The number of hydrogen-bond acceptors (Lipinski definition) is 4. The fraction of sp³-hybridized carbons (Fsp3) is 0.571. The maximum absolute atomic E-state index is 12.3. The highest BCUT2D eigenvalue weighted by molar-refractivity contribution is 7.89. The van der Waals surface area contributed by atoms with Gasteiger partial charge in [0.05, 0.1) is 10.6 Å². The normalized spacial score (nSPS) is 15.2. The largest absolute Gasteiger partial charge is 0.398 e. The Bertz CT molecular complexity index is 613. The Hall–Kier alpha value is -0.820. The van der Waals surface area contributed by atoms with E-state index in [1.54, 1.807) is 13.8 Å². The number of nitrogens with two attached hydrogens (primary N) is 1. The molecule has 0 aliphatic heterocycles. The standard InChI is InChI=1S/C14H23ClN2O3S/c1-9(2)7-14(4,18)8-17-21(19,20)13-6-12(16)10(3)5-11(13)15/h5-6,9,17-18H,7-8,16H2,1-4H3. The van der Waals surface area contributed by atoms with E-state index in [0.717, 1.165) is 0 Å². The highest BCUT2D eigenvalue weighted by atomic mass is 35.5. The molecule has 0 aliphatic carbocycles. The van der Waals surface area contributed by atoms with Crippen molar-refractivity contribution in [3.8, 4) is 0 Å². The van der Waals surface area contributed by atoms with E-state index in [2.05, 4.69) is 4.72 Å². The van der Waals surface area contributed by atoms with Crippen molar-refractivity contribution >= 4 is 27.3 Å². The number of nitrogen functional groups attached to an aromatic ring is 1. The van der Waals surface area contributed by atoms with Gasteiger partial charge in [-0.15, -0.1) is 0 Å². The number of anilines is 1. The molecular formula is C14H23ClN2O3S. The van der Waals surface area contributed by atoms with Crippen LogP contribution in [0.2, 0.25) is 5.02 Å². The van der Waals surface area contributed by atoms with Gasteiger partial charge in [-0.3, -0.25) is 0 Å². The number of halogens is 1. The number of rotatable bonds is 6. The third-order valence-corrected chi connectivity index (χ3v) is 4.97. The minimum Gasteiger partial charge on any atom is -0.398 e. The molecule has 120 valence electrons. The average molecular weight is 335 g/mol. The molecule has 1 aromatic rings. The predicted octanol–water partition coefficient (Wildman–Crippen LogP) is 2.31. The van der Waals surface area contributed by atoms with Crippen molar-refractivity contribution in [2.24, 2.45) is 5.92 Å². The Morgan fingerprint density at radius 1 is 1.43 bits per heavy atom. The minimum atomic E-state index is -3.82. The zero-order valence-electron chi connectivity index (χ0n) is 12.8. The molecule has 1 aromatic carbocycles. The van der Waals surface area contributed by atoms with Crippen LogP contribution < -0.4 is 10.5 Å². The molecule has 0 spiro atoms. The van der Waals surface area contributed by atoms with E-state index in [1.165, 1.54) is 12.1 Å². The number of sulfonamides is 1. The highest BCUT2D eigenvalue weighted by Gasteiger charge is 2.26. The Kier molecular flexibility index (Phi) is 5.66. The van der Waals surface area contributed by atoms with Gasteiger partial charge in [0.15, 0.2) is 0 Å².